The average molecular weight is 217 g/mol. The molecule has 0 bridgehead atoms. The molecule has 82 valence electrons. The molecule has 6 heteroatoms. The summed E-state index contributed by atoms with van der Waals surface area (Å²) < 4.78 is 0. The van der Waals surface area contributed by atoms with E-state index in [9.17, 15) is 4.79 Å². The van der Waals surface area contributed by atoms with Crippen LogP contribution in [0.25, 0.3) is 0 Å². The number of H-pyrrole nitrogens is 1. The van der Waals surface area contributed by atoms with Crippen molar-refractivity contribution in [1.82, 2.24) is 15.0 Å². The molecule has 16 heavy (non-hydrogen) atoms. The van der Waals surface area contributed by atoms with Gasteiger partial charge in [0.1, 0.15) is 11.5 Å². The lowest BCUT2D eigenvalue weighted by Crippen LogP contribution is -2.14. The molecule has 0 saturated heterocycles. The Bertz CT molecular complexity index is 546. The summed E-state index contributed by atoms with van der Waals surface area (Å²) >= 11 is 0. The Morgan fingerprint density at radius 3 is 2.88 bits per heavy atom. The maximum atomic E-state index is 11.2. The number of rotatable bonds is 2. The van der Waals surface area contributed by atoms with Gasteiger partial charge in [0.25, 0.3) is 5.56 Å². The Kier molecular flexibility index (Phi) is 2.55. The molecule has 0 aliphatic carbocycles. The lowest BCUT2D eigenvalue weighted by atomic mass is 10.3. The maximum Gasteiger partial charge on any atom is 0.276 e. The van der Waals surface area contributed by atoms with Crippen LogP contribution in [0.3, 0.4) is 0 Å². The fourth-order valence-corrected chi connectivity index (χ4v) is 1.17. The number of hydrogen-bond acceptors (Lipinski definition) is 5. The third-order valence-corrected chi connectivity index (χ3v) is 2.05. The monoisotopic (exact) mass is 217 g/mol. The summed E-state index contributed by atoms with van der Waals surface area (Å²) in [5.41, 5.74) is 6.29. The predicted octanol–water partition coefficient (Wildman–Crippen LogP) is 0.799. The van der Waals surface area contributed by atoms with Gasteiger partial charge in [-0.05, 0) is 18.6 Å². The van der Waals surface area contributed by atoms with Crippen LogP contribution < -0.4 is 16.6 Å². The van der Waals surface area contributed by atoms with Gasteiger partial charge >= 0.3 is 0 Å². The fourth-order valence-electron chi connectivity index (χ4n) is 1.17. The van der Waals surface area contributed by atoms with Crippen molar-refractivity contribution in [2.45, 2.75) is 6.92 Å². The van der Waals surface area contributed by atoms with Gasteiger partial charge in [-0.2, -0.15) is 0 Å². The molecule has 6 nitrogen and oxygen atoms in total. The highest BCUT2D eigenvalue weighted by Crippen LogP contribution is 2.14. The van der Waals surface area contributed by atoms with Crippen molar-refractivity contribution in [3.63, 3.8) is 0 Å². The van der Waals surface area contributed by atoms with Crippen molar-refractivity contribution in [2.75, 3.05) is 11.1 Å². The second-order valence-corrected chi connectivity index (χ2v) is 3.34. The van der Waals surface area contributed by atoms with Gasteiger partial charge in [-0.1, -0.05) is 6.07 Å². The quantitative estimate of drug-likeness (QED) is 0.691. The first-order valence-electron chi connectivity index (χ1n) is 4.69. The molecule has 2 aromatic rings. The van der Waals surface area contributed by atoms with Crippen LogP contribution in [0.5, 0.6) is 0 Å². The van der Waals surface area contributed by atoms with Gasteiger partial charge < -0.3 is 16.0 Å². The third-order valence-electron chi connectivity index (χ3n) is 2.05. The summed E-state index contributed by atoms with van der Waals surface area (Å²) in [6.07, 6.45) is 3.00. The molecule has 4 N–H and O–H groups in total. The lowest BCUT2D eigenvalue weighted by Gasteiger charge is -2.05. The standard InChI is InChI=1S/C10H11N5O/c1-6-2-3-7(12-4-6)15-9-8(11)10(16)14-5-13-9/h2-5H,11H2,1H3,(H2,12,13,14,15,16). The first-order chi connectivity index (χ1) is 7.66. The molecule has 0 amide bonds. The van der Waals surface area contributed by atoms with Crippen molar-refractivity contribution in [1.29, 1.82) is 0 Å². The van der Waals surface area contributed by atoms with E-state index in [4.69, 9.17) is 5.73 Å². The Morgan fingerprint density at radius 2 is 2.19 bits per heavy atom. The molecule has 2 heterocycles. The second kappa shape index (κ2) is 4.01. The lowest BCUT2D eigenvalue weighted by molar-refractivity contribution is 1.12. The molecule has 0 radical (unpaired) electrons. The average Bonchev–Trinajstić information content (AvgIpc) is 2.28. The minimum atomic E-state index is -0.371. The van der Waals surface area contributed by atoms with Crippen molar-refractivity contribution in [2.24, 2.45) is 0 Å². The van der Waals surface area contributed by atoms with Crippen molar-refractivity contribution in [3.8, 4) is 0 Å². The SMILES string of the molecule is Cc1ccc(Nc2nc[nH]c(=O)c2N)nc1. The van der Waals surface area contributed by atoms with E-state index in [1.165, 1.54) is 6.33 Å². The molecule has 0 spiro atoms. The van der Waals surface area contributed by atoms with E-state index in [1.807, 2.05) is 13.0 Å². The van der Waals surface area contributed by atoms with E-state index in [0.717, 1.165) is 5.56 Å². The van der Waals surface area contributed by atoms with Gasteiger partial charge in [0.05, 0.1) is 6.33 Å². The number of anilines is 3. The smallest absolute Gasteiger partial charge is 0.276 e. The Labute approximate surface area is 91.6 Å². The van der Waals surface area contributed by atoms with E-state index in [-0.39, 0.29) is 11.2 Å². The van der Waals surface area contributed by atoms with Gasteiger partial charge in [-0.3, -0.25) is 4.79 Å². The van der Waals surface area contributed by atoms with E-state index in [1.54, 1.807) is 12.3 Å². The molecule has 0 atom stereocenters. The van der Waals surface area contributed by atoms with Crippen molar-refractivity contribution in [3.05, 3.63) is 40.6 Å². The molecule has 0 fully saturated rings. The minimum Gasteiger partial charge on any atom is -0.391 e. The van der Waals surface area contributed by atoms with Gasteiger partial charge in [-0.15, -0.1) is 0 Å². The largest absolute Gasteiger partial charge is 0.391 e. The number of nitrogen functional groups attached to an aromatic ring is 1. The summed E-state index contributed by atoms with van der Waals surface area (Å²) in [5.74, 6) is 0.899. The predicted molar refractivity (Wildman–Crippen MR) is 61.5 cm³/mol. The van der Waals surface area contributed by atoms with E-state index in [2.05, 4.69) is 20.3 Å². The van der Waals surface area contributed by atoms with Crippen molar-refractivity contribution < 1.29 is 0 Å². The number of pyridine rings is 1. The number of aromatic amines is 1. The van der Waals surface area contributed by atoms with Gasteiger partial charge in [0.2, 0.25) is 0 Å². The van der Waals surface area contributed by atoms with E-state index in [0.29, 0.717) is 11.6 Å². The second-order valence-electron chi connectivity index (χ2n) is 3.34. The topological polar surface area (TPSA) is 96.7 Å². The highest BCUT2D eigenvalue weighted by atomic mass is 16.1. The first kappa shape index (κ1) is 10.2. The summed E-state index contributed by atoms with van der Waals surface area (Å²) in [6, 6.07) is 3.69. The molecule has 0 saturated carbocycles. The van der Waals surface area contributed by atoms with E-state index >= 15 is 0 Å². The van der Waals surface area contributed by atoms with Gasteiger partial charge in [0.15, 0.2) is 5.82 Å². The Morgan fingerprint density at radius 1 is 1.38 bits per heavy atom. The molecule has 0 aromatic carbocycles. The highest BCUT2D eigenvalue weighted by molar-refractivity contribution is 5.65. The fraction of sp³-hybridized carbons (Fsp3) is 0.100. The number of aryl methyl sites for hydroxylation is 1. The number of aromatic nitrogens is 3. The van der Waals surface area contributed by atoms with Crippen LogP contribution in [0.4, 0.5) is 17.3 Å². The van der Waals surface area contributed by atoms with Crippen LogP contribution in [0.1, 0.15) is 5.56 Å². The zero-order valence-electron chi connectivity index (χ0n) is 8.69. The number of nitrogens with zero attached hydrogens (tertiary/aromatic N) is 2. The molecule has 2 rings (SSSR count). The maximum absolute atomic E-state index is 11.2. The van der Waals surface area contributed by atoms with Gasteiger partial charge in [0, 0.05) is 6.20 Å². The van der Waals surface area contributed by atoms with Crippen LogP contribution in [-0.2, 0) is 0 Å². The molecule has 0 aliphatic rings. The van der Waals surface area contributed by atoms with E-state index < -0.39 is 0 Å². The summed E-state index contributed by atoms with van der Waals surface area (Å²) in [6.45, 7) is 1.94. The Hall–Kier alpha value is -2.37. The number of nitrogens with two attached hydrogens (primary N) is 1. The molecule has 0 aliphatic heterocycles. The van der Waals surface area contributed by atoms with Crippen molar-refractivity contribution >= 4 is 17.3 Å². The van der Waals surface area contributed by atoms with Crippen LogP contribution in [0.2, 0.25) is 0 Å². The highest BCUT2D eigenvalue weighted by Gasteiger charge is 2.04. The van der Waals surface area contributed by atoms with Crippen LogP contribution in [-0.4, -0.2) is 15.0 Å². The van der Waals surface area contributed by atoms with Crippen LogP contribution in [0, 0.1) is 6.92 Å². The molecule has 2 aromatic heterocycles. The first-order valence-corrected chi connectivity index (χ1v) is 4.69. The summed E-state index contributed by atoms with van der Waals surface area (Å²) in [7, 11) is 0. The van der Waals surface area contributed by atoms with Crippen LogP contribution >= 0.6 is 0 Å². The Balaban J connectivity index is 2.30. The molecular weight excluding hydrogens is 206 g/mol. The zero-order chi connectivity index (χ0) is 11.5. The number of hydrogen-bond donors (Lipinski definition) is 3. The number of nitrogens with one attached hydrogen (secondary N) is 2. The third kappa shape index (κ3) is 2.00. The van der Waals surface area contributed by atoms with Crippen LogP contribution in [0.15, 0.2) is 29.5 Å². The molecular formula is C10H11N5O. The zero-order valence-corrected chi connectivity index (χ0v) is 8.69. The minimum absolute atomic E-state index is 0.0462. The molecule has 0 unspecified atom stereocenters. The van der Waals surface area contributed by atoms with Gasteiger partial charge in [-0.25, -0.2) is 9.97 Å². The summed E-state index contributed by atoms with van der Waals surface area (Å²) in [5, 5.41) is 2.87. The summed E-state index contributed by atoms with van der Waals surface area (Å²) in [4.78, 5) is 21.6. The normalized spacial score (nSPS) is 10.1.